The Hall–Kier alpha value is -5.15. The second kappa shape index (κ2) is 11.9. The lowest BCUT2D eigenvalue weighted by atomic mass is 10.0. The predicted molar refractivity (Wildman–Crippen MR) is 155 cm³/mol. The molecule has 1 aliphatic rings. The summed E-state index contributed by atoms with van der Waals surface area (Å²) < 4.78 is 23.8. The van der Waals surface area contributed by atoms with E-state index in [0.717, 1.165) is 22.4 Å². The van der Waals surface area contributed by atoms with E-state index in [4.69, 9.17) is 18.9 Å². The number of ether oxygens (including phenoxy) is 4. The van der Waals surface area contributed by atoms with E-state index in [1.807, 2.05) is 104 Å². The number of benzene rings is 4. The van der Waals surface area contributed by atoms with Crippen molar-refractivity contribution < 1.29 is 23.7 Å². The van der Waals surface area contributed by atoms with Crippen LogP contribution < -0.4 is 19.5 Å². The van der Waals surface area contributed by atoms with Crippen molar-refractivity contribution in [3.63, 3.8) is 0 Å². The molecule has 5 aromatic rings. The number of anilines is 1. The summed E-state index contributed by atoms with van der Waals surface area (Å²) in [5, 5.41) is 7.55. The topological polar surface area (TPSA) is 96.7 Å². The summed E-state index contributed by atoms with van der Waals surface area (Å²) in [6, 6.07) is 30.8. The van der Waals surface area contributed by atoms with E-state index in [1.165, 1.54) is 0 Å². The molecule has 0 aliphatic carbocycles. The zero-order valence-electron chi connectivity index (χ0n) is 22.4. The molecule has 2 heterocycles. The third kappa shape index (κ3) is 5.90. The minimum atomic E-state index is -0.191. The first-order chi connectivity index (χ1) is 20.2. The number of aromatic nitrogens is 3. The monoisotopic (exact) mass is 548 g/mol. The SMILES string of the molecule is CCOCCOc1nc(-c2ccc3c(c2)OCO3)n(-c2ccc(NC(=O)c3ccc(-c4ccccc4)cc3)cc2)n1. The normalized spacial score (nSPS) is 11.8. The number of nitrogens with one attached hydrogen (secondary N) is 1. The van der Waals surface area contributed by atoms with Gasteiger partial charge in [-0.05, 0) is 72.6 Å². The summed E-state index contributed by atoms with van der Waals surface area (Å²) in [4.78, 5) is 17.5. The molecule has 0 saturated carbocycles. The molecule has 0 saturated heterocycles. The Labute approximate surface area is 237 Å². The van der Waals surface area contributed by atoms with Crippen molar-refractivity contribution in [1.29, 1.82) is 0 Å². The molecule has 206 valence electrons. The fourth-order valence-corrected chi connectivity index (χ4v) is 4.43. The zero-order chi connectivity index (χ0) is 28.0. The van der Waals surface area contributed by atoms with Crippen molar-refractivity contribution in [2.75, 3.05) is 31.9 Å². The van der Waals surface area contributed by atoms with E-state index < -0.39 is 0 Å². The first-order valence-electron chi connectivity index (χ1n) is 13.3. The average Bonchev–Trinajstić information content (AvgIpc) is 3.67. The molecule has 0 radical (unpaired) electrons. The third-order valence-electron chi connectivity index (χ3n) is 6.51. The Morgan fingerprint density at radius 1 is 0.854 bits per heavy atom. The van der Waals surface area contributed by atoms with Crippen molar-refractivity contribution in [3.8, 4) is 45.7 Å². The molecule has 1 amide bonds. The van der Waals surface area contributed by atoms with Crippen LogP contribution in [-0.4, -0.2) is 47.3 Å². The molecular formula is C32H28N4O5. The van der Waals surface area contributed by atoms with Crippen LogP contribution in [0.4, 0.5) is 5.69 Å². The van der Waals surface area contributed by atoms with Gasteiger partial charge in [0.15, 0.2) is 17.3 Å². The molecule has 1 N–H and O–H groups in total. The smallest absolute Gasteiger partial charge is 0.336 e. The minimum absolute atomic E-state index is 0.182. The fraction of sp³-hybridized carbons (Fsp3) is 0.156. The molecule has 4 aromatic carbocycles. The first kappa shape index (κ1) is 26.1. The number of hydrogen-bond donors (Lipinski definition) is 1. The Bertz CT molecular complexity index is 1630. The summed E-state index contributed by atoms with van der Waals surface area (Å²) in [6.45, 7) is 3.49. The number of carbonyl (C=O) groups is 1. The lowest BCUT2D eigenvalue weighted by Crippen LogP contribution is -2.11. The van der Waals surface area contributed by atoms with Gasteiger partial charge in [0.05, 0.1) is 12.3 Å². The van der Waals surface area contributed by atoms with Gasteiger partial charge in [-0.15, -0.1) is 5.10 Å². The number of nitrogens with zero attached hydrogens (tertiary/aromatic N) is 3. The number of fused-ring (bicyclic) bond motifs is 1. The molecule has 0 spiro atoms. The van der Waals surface area contributed by atoms with Gasteiger partial charge in [0.25, 0.3) is 5.91 Å². The highest BCUT2D eigenvalue weighted by Gasteiger charge is 2.19. The third-order valence-corrected chi connectivity index (χ3v) is 6.51. The molecule has 1 aromatic heterocycles. The van der Waals surface area contributed by atoms with E-state index in [0.29, 0.717) is 48.4 Å². The maximum absolute atomic E-state index is 12.9. The highest BCUT2D eigenvalue weighted by molar-refractivity contribution is 6.04. The van der Waals surface area contributed by atoms with Gasteiger partial charge in [-0.3, -0.25) is 4.79 Å². The van der Waals surface area contributed by atoms with Crippen LogP contribution in [0.2, 0.25) is 0 Å². The lowest BCUT2D eigenvalue weighted by molar-refractivity contribution is 0.102. The van der Waals surface area contributed by atoms with Crippen molar-refractivity contribution in [2.24, 2.45) is 0 Å². The first-order valence-corrected chi connectivity index (χ1v) is 13.3. The number of rotatable bonds is 10. The van der Waals surface area contributed by atoms with Crippen molar-refractivity contribution in [3.05, 3.63) is 103 Å². The Morgan fingerprint density at radius 2 is 1.59 bits per heavy atom. The molecule has 0 bridgehead atoms. The lowest BCUT2D eigenvalue weighted by Gasteiger charge is -2.09. The van der Waals surface area contributed by atoms with Crippen LogP contribution in [0.3, 0.4) is 0 Å². The molecule has 41 heavy (non-hydrogen) atoms. The Balaban J connectivity index is 1.20. The quantitative estimate of drug-likeness (QED) is 0.214. The summed E-state index contributed by atoms with van der Waals surface area (Å²) in [5.41, 5.74) is 4.92. The molecule has 0 atom stereocenters. The molecular weight excluding hydrogens is 520 g/mol. The van der Waals surface area contributed by atoms with Gasteiger partial charge in [0.2, 0.25) is 6.79 Å². The maximum atomic E-state index is 12.9. The standard InChI is InChI=1S/C32H28N4O5/c1-2-38-18-19-39-32-34-30(25-12-17-28-29(20-25)41-21-40-28)36(35-32)27-15-13-26(14-16-27)33-31(37)24-10-8-23(9-11-24)22-6-4-3-5-7-22/h3-17,20H,2,18-19,21H2,1H3,(H,33,37). The van der Waals surface area contributed by atoms with Crippen LogP contribution >= 0.6 is 0 Å². The van der Waals surface area contributed by atoms with E-state index in [-0.39, 0.29) is 18.7 Å². The van der Waals surface area contributed by atoms with E-state index >= 15 is 0 Å². The summed E-state index contributed by atoms with van der Waals surface area (Å²) in [7, 11) is 0. The predicted octanol–water partition coefficient (Wildman–Crippen LogP) is 6.00. The highest BCUT2D eigenvalue weighted by Crippen LogP contribution is 2.36. The van der Waals surface area contributed by atoms with Crippen LogP contribution in [-0.2, 0) is 4.74 Å². The van der Waals surface area contributed by atoms with Crippen LogP contribution in [0, 0.1) is 0 Å². The van der Waals surface area contributed by atoms with E-state index in [2.05, 4.69) is 15.4 Å². The summed E-state index contributed by atoms with van der Waals surface area (Å²) in [6.07, 6.45) is 0. The average molecular weight is 549 g/mol. The minimum Gasteiger partial charge on any atom is -0.460 e. The van der Waals surface area contributed by atoms with Crippen molar-refractivity contribution in [2.45, 2.75) is 6.92 Å². The molecule has 9 heteroatoms. The molecule has 9 nitrogen and oxygen atoms in total. The van der Waals surface area contributed by atoms with Gasteiger partial charge in [-0.2, -0.15) is 4.98 Å². The van der Waals surface area contributed by atoms with E-state index in [9.17, 15) is 4.79 Å². The number of hydrogen-bond acceptors (Lipinski definition) is 7. The van der Waals surface area contributed by atoms with Gasteiger partial charge >= 0.3 is 6.01 Å². The molecule has 1 aliphatic heterocycles. The van der Waals surface area contributed by atoms with E-state index in [1.54, 1.807) is 4.68 Å². The second-order valence-electron chi connectivity index (χ2n) is 9.19. The molecule has 6 rings (SSSR count). The van der Waals surface area contributed by atoms with Gasteiger partial charge < -0.3 is 24.3 Å². The maximum Gasteiger partial charge on any atom is 0.336 e. The van der Waals surface area contributed by atoms with Gasteiger partial charge in [0, 0.05) is 23.4 Å². The van der Waals surface area contributed by atoms with Gasteiger partial charge in [0.1, 0.15) is 6.61 Å². The summed E-state index contributed by atoms with van der Waals surface area (Å²) in [5.74, 6) is 1.71. The van der Waals surface area contributed by atoms with Crippen LogP contribution in [0.15, 0.2) is 97.1 Å². The Kier molecular flexibility index (Phi) is 7.59. The van der Waals surface area contributed by atoms with Crippen LogP contribution in [0.5, 0.6) is 17.5 Å². The van der Waals surface area contributed by atoms with Crippen molar-refractivity contribution >= 4 is 11.6 Å². The zero-order valence-corrected chi connectivity index (χ0v) is 22.4. The van der Waals surface area contributed by atoms with Crippen LogP contribution in [0.1, 0.15) is 17.3 Å². The van der Waals surface area contributed by atoms with Crippen molar-refractivity contribution in [1.82, 2.24) is 14.8 Å². The Morgan fingerprint density at radius 3 is 2.37 bits per heavy atom. The number of amides is 1. The fourth-order valence-electron chi connectivity index (χ4n) is 4.43. The number of carbonyl (C=O) groups excluding carboxylic acids is 1. The van der Waals surface area contributed by atoms with Gasteiger partial charge in [-0.1, -0.05) is 42.5 Å². The molecule has 0 fully saturated rings. The van der Waals surface area contributed by atoms with Gasteiger partial charge in [-0.25, -0.2) is 4.68 Å². The summed E-state index contributed by atoms with van der Waals surface area (Å²) >= 11 is 0. The second-order valence-corrected chi connectivity index (χ2v) is 9.19. The molecule has 0 unspecified atom stereocenters. The largest absolute Gasteiger partial charge is 0.460 e. The highest BCUT2D eigenvalue weighted by atomic mass is 16.7. The van der Waals surface area contributed by atoms with Crippen LogP contribution in [0.25, 0.3) is 28.2 Å².